The molecule has 8 heteroatoms. The summed E-state index contributed by atoms with van der Waals surface area (Å²) in [5.41, 5.74) is -0.626. The van der Waals surface area contributed by atoms with Gasteiger partial charge in [0.05, 0.1) is 24.2 Å². The SMILES string of the molecule is CC(=O)Oc1ccc(N(CC(O)CCl)C(=O)OC(C)(C)C)cc1F. The Hall–Kier alpha value is -1.86. The maximum Gasteiger partial charge on any atom is 0.414 e. The lowest BCUT2D eigenvalue weighted by molar-refractivity contribution is -0.132. The predicted molar refractivity (Wildman–Crippen MR) is 88.0 cm³/mol. The molecule has 0 bridgehead atoms. The molecule has 0 radical (unpaired) electrons. The van der Waals surface area contributed by atoms with Crippen molar-refractivity contribution in [3.8, 4) is 5.75 Å². The molecule has 1 N–H and O–H groups in total. The van der Waals surface area contributed by atoms with Crippen LogP contribution in [-0.2, 0) is 9.53 Å². The predicted octanol–water partition coefficient (Wildman–Crippen LogP) is 3.09. The molecule has 24 heavy (non-hydrogen) atoms. The highest BCUT2D eigenvalue weighted by molar-refractivity contribution is 6.18. The minimum Gasteiger partial charge on any atom is -0.443 e. The highest BCUT2D eigenvalue weighted by Crippen LogP contribution is 2.25. The number of nitrogens with zero attached hydrogens (tertiary/aromatic N) is 1. The molecule has 1 amide bonds. The van der Waals surface area contributed by atoms with Gasteiger partial charge in [0.25, 0.3) is 0 Å². The van der Waals surface area contributed by atoms with Crippen LogP contribution in [0.2, 0.25) is 0 Å². The summed E-state index contributed by atoms with van der Waals surface area (Å²) in [7, 11) is 0. The molecular formula is C16H21ClFNO5. The van der Waals surface area contributed by atoms with Gasteiger partial charge in [0.1, 0.15) is 5.60 Å². The molecule has 0 aromatic heterocycles. The first-order valence-corrected chi connectivity index (χ1v) is 7.79. The van der Waals surface area contributed by atoms with Crippen LogP contribution in [0.5, 0.6) is 5.75 Å². The molecule has 1 rings (SSSR count). The number of benzene rings is 1. The van der Waals surface area contributed by atoms with Gasteiger partial charge in [-0.2, -0.15) is 0 Å². The Kier molecular flexibility index (Phi) is 6.98. The van der Waals surface area contributed by atoms with E-state index in [1.807, 2.05) is 0 Å². The van der Waals surface area contributed by atoms with E-state index >= 15 is 0 Å². The topological polar surface area (TPSA) is 76.1 Å². The molecule has 1 aromatic carbocycles. The van der Waals surface area contributed by atoms with Crippen molar-refractivity contribution in [3.63, 3.8) is 0 Å². The van der Waals surface area contributed by atoms with Crippen molar-refractivity contribution in [2.45, 2.75) is 39.4 Å². The van der Waals surface area contributed by atoms with Crippen molar-refractivity contribution in [1.29, 1.82) is 0 Å². The maximum absolute atomic E-state index is 14.0. The number of hydrogen-bond donors (Lipinski definition) is 1. The summed E-state index contributed by atoms with van der Waals surface area (Å²) in [6, 6.07) is 3.62. The van der Waals surface area contributed by atoms with Crippen molar-refractivity contribution < 1.29 is 28.6 Å². The molecule has 0 heterocycles. The molecule has 0 aliphatic rings. The quantitative estimate of drug-likeness (QED) is 0.495. The zero-order valence-electron chi connectivity index (χ0n) is 14.0. The molecule has 0 aliphatic carbocycles. The minimum absolute atomic E-state index is 0.104. The molecule has 1 atom stereocenters. The van der Waals surface area contributed by atoms with Crippen molar-refractivity contribution in [3.05, 3.63) is 24.0 Å². The highest BCUT2D eigenvalue weighted by atomic mass is 35.5. The smallest absolute Gasteiger partial charge is 0.414 e. The van der Waals surface area contributed by atoms with E-state index in [4.69, 9.17) is 21.1 Å². The lowest BCUT2D eigenvalue weighted by atomic mass is 10.2. The zero-order chi connectivity index (χ0) is 18.5. The van der Waals surface area contributed by atoms with Gasteiger partial charge in [-0.3, -0.25) is 9.69 Å². The fourth-order valence-corrected chi connectivity index (χ4v) is 1.85. The summed E-state index contributed by atoms with van der Waals surface area (Å²) in [5, 5.41) is 9.74. The molecule has 0 saturated carbocycles. The molecule has 134 valence electrons. The Morgan fingerprint density at radius 3 is 2.46 bits per heavy atom. The van der Waals surface area contributed by atoms with Gasteiger partial charge in [0.2, 0.25) is 0 Å². The van der Waals surface area contributed by atoms with Gasteiger partial charge in [-0.15, -0.1) is 11.6 Å². The van der Waals surface area contributed by atoms with Crippen molar-refractivity contribution in [2.75, 3.05) is 17.3 Å². The molecule has 0 aliphatic heterocycles. The van der Waals surface area contributed by atoms with Crippen molar-refractivity contribution in [1.82, 2.24) is 0 Å². The van der Waals surface area contributed by atoms with E-state index in [2.05, 4.69) is 0 Å². The Balaban J connectivity index is 3.12. The van der Waals surface area contributed by atoms with Crippen molar-refractivity contribution in [2.24, 2.45) is 0 Å². The van der Waals surface area contributed by atoms with Crippen LogP contribution in [0.25, 0.3) is 0 Å². The van der Waals surface area contributed by atoms with Crippen LogP contribution in [-0.4, -0.2) is 41.3 Å². The van der Waals surface area contributed by atoms with Crippen LogP contribution in [0, 0.1) is 5.82 Å². The van der Waals surface area contributed by atoms with Gasteiger partial charge in [0, 0.05) is 13.0 Å². The molecule has 6 nitrogen and oxygen atoms in total. The first-order chi connectivity index (χ1) is 11.0. The number of alkyl halides is 1. The standard InChI is InChI=1S/C16H21ClFNO5/c1-10(20)23-14-6-5-11(7-13(14)18)19(9-12(21)8-17)15(22)24-16(2,3)4/h5-7,12,21H,8-9H2,1-4H3. The third-order valence-corrected chi connectivity index (χ3v) is 3.02. The number of aliphatic hydroxyl groups is 1. The second-order valence-electron chi connectivity index (χ2n) is 6.11. The molecule has 0 fully saturated rings. The van der Waals surface area contributed by atoms with Crippen LogP contribution in [0.15, 0.2) is 18.2 Å². The number of carbonyl (C=O) groups is 2. The average Bonchev–Trinajstić information content (AvgIpc) is 2.44. The fraction of sp³-hybridized carbons (Fsp3) is 0.500. The van der Waals surface area contributed by atoms with Crippen LogP contribution in [0.4, 0.5) is 14.9 Å². The average molecular weight is 362 g/mol. The number of esters is 1. The second kappa shape index (κ2) is 8.30. The van der Waals surface area contributed by atoms with E-state index in [-0.39, 0.29) is 23.9 Å². The van der Waals surface area contributed by atoms with Crippen LogP contribution >= 0.6 is 11.6 Å². The summed E-state index contributed by atoms with van der Waals surface area (Å²) in [6.45, 7) is 6.03. The van der Waals surface area contributed by atoms with Gasteiger partial charge in [-0.05, 0) is 32.9 Å². The lowest BCUT2D eigenvalue weighted by Crippen LogP contribution is -2.41. The summed E-state index contributed by atoms with van der Waals surface area (Å²) in [6.07, 6.45) is -1.78. The van der Waals surface area contributed by atoms with E-state index in [0.29, 0.717) is 0 Å². The van der Waals surface area contributed by atoms with Crippen LogP contribution in [0.1, 0.15) is 27.7 Å². The first kappa shape index (κ1) is 20.2. The number of aliphatic hydroxyl groups excluding tert-OH is 1. The van der Waals surface area contributed by atoms with Gasteiger partial charge in [-0.25, -0.2) is 9.18 Å². The van der Waals surface area contributed by atoms with E-state index < -0.39 is 29.6 Å². The number of anilines is 1. The normalized spacial score (nSPS) is 12.5. The maximum atomic E-state index is 14.0. The van der Waals surface area contributed by atoms with E-state index in [1.54, 1.807) is 20.8 Å². The fourth-order valence-electron chi connectivity index (χ4n) is 1.76. The molecular weight excluding hydrogens is 341 g/mol. The van der Waals surface area contributed by atoms with Gasteiger partial charge in [-0.1, -0.05) is 0 Å². The number of carbonyl (C=O) groups excluding carboxylic acids is 2. The summed E-state index contributed by atoms with van der Waals surface area (Å²) < 4.78 is 24.0. The Morgan fingerprint density at radius 2 is 2.00 bits per heavy atom. The molecule has 0 spiro atoms. The van der Waals surface area contributed by atoms with Crippen LogP contribution in [0.3, 0.4) is 0 Å². The lowest BCUT2D eigenvalue weighted by Gasteiger charge is -2.28. The zero-order valence-corrected chi connectivity index (χ0v) is 14.8. The molecule has 0 saturated heterocycles. The van der Waals surface area contributed by atoms with Crippen molar-refractivity contribution >= 4 is 29.4 Å². The number of amides is 1. The van der Waals surface area contributed by atoms with E-state index in [9.17, 15) is 19.1 Å². The highest BCUT2D eigenvalue weighted by Gasteiger charge is 2.26. The second-order valence-corrected chi connectivity index (χ2v) is 6.42. The molecule has 1 aromatic rings. The number of rotatable bonds is 5. The monoisotopic (exact) mass is 361 g/mol. The van der Waals surface area contributed by atoms with Gasteiger partial charge in [0.15, 0.2) is 11.6 Å². The number of hydrogen-bond acceptors (Lipinski definition) is 5. The third kappa shape index (κ3) is 6.33. The van der Waals surface area contributed by atoms with E-state index in [1.165, 1.54) is 12.1 Å². The summed E-state index contributed by atoms with van der Waals surface area (Å²) in [4.78, 5) is 24.3. The van der Waals surface area contributed by atoms with Gasteiger partial charge >= 0.3 is 12.1 Å². The Bertz CT molecular complexity index is 603. The summed E-state index contributed by atoms with van der Waals surface area (Å²) >= 11 is 5.57. The van der Waals surface area contributed by atoms with Gasteiger partial charge < -0.3 is 14.6 Å². The summed E-state index contributed by atoms with van der Waals surface area (Å²) in [5.74, 6) is -1.85. The number of ether oxygens (including phenoxy) is 2. The Morgan fingerprint density at radius 1 is 1.38 bits per heavy atom. The first-order valence-electron chi connectivity index (χ1n) is 7.26. The number of halogens is 2. The minimum atomic E-state index is -1.02. The Labute approximate surface area is 145 Å². The molecule has 1 unspecified atom stereocenters. The van der Waals surface area contributed by atoms with Crippen LogP contribution < -0.4 is 9.64 Å². The van der Waals surface area contributed by atoms with E-state index in [0.717, 1.165) is 17.9 Å². The third-order valence-electron chi connectivity index (χ3n) is 2.67. The largest absolute Gasteiger partial charge is 0.443 e.